The topological polar surface area (TPSA) is 63.4 Å². The molecule has 0 unspecified atom stereocenters. The van der Waals surface area contributed by atoms with Gasteiger partial charge in [0.25, 0.3) is 5.91 Å². The lowest BCUT2D eigenvalue weighted by molar-refractivity contribution is -0.114. The first-order valence-corrected chi connectivity index (χ1v) is 9.20. The van der Waals surface area contributed by atoms with Gasteiger partial charge in [-0.25, -0.2) is 4.39 Å². The van der Waals surface area contributed by atoms with Crippen LogP contribution in [0.15, 0.2) is 47.6 Å². The van der Waals surface area contributed by atoms with Crippen molar-refractivity contribution >= 4 is 23.1 Å². The smallest absolute Gasteiger partial charge is 0.253 e. The first-order chi connectivity index (χ1) is 13.3. The van der Waals surface area contributed by atoms with E-state index in [0.29, 0.717) is 29.7 Å². The van der Waals surface area contributed by atoms with Crippen molar-refractivity contribution in [3.8, 4) is 11.1 Å². The van der Waals surface area contributed by atoms with Crippen molar-refractivity contribution in [2.24, 2.45) is 5.73 Å². The van der Waals surface area contributed by atoms with E-state index in [9.17, 15) is 9.59 Å². The van der Waals surface area contributed by atoms with E-state index in [-0.39, 0.29) is 11.5 Å². The molecule has 2 amide bonds. The van der Waals surface area contributed by atoms with Crippen molar-refractivity contribution in [2.75, 3.05) is 11.4 Å². The van der Waals surface area contributed by atoms with E-state index in [1.54, 1.807) is 11.8 Å². The highest BCUT2D eigenvalue weighted by atomic mass is 19.1. The van der Waals surface area contributed by atoms with E-state index < -0.39 is 11.7 Å². The Hall–Kier alpha value is -3.21. The maximum Gasteiger partial charge on any atom is 0.253 e. The number of allylic oxidation sites excluding steroid dienone is 2. The van der Waals surface area contributed by atoms with Gasteiger partial charge in [-0.1, -0.05) is 23.8 Å². The van der Waals surface area contributed by atoms with E-state index in [2.05, 4.69) is 0 Å². The molecule has 5 heteroatoms. The number of nitrogens with zero attached hydrogens (tertiary/aromatic N) is 1. The molecule has 4 rings (SSSR count). The number of fused-ring (bicyclic) bond motifs is 1. The summed E-state index contributed by atoms with van der Waals surface area (Å²) < 4.78 is 15.2. The molecule has 0 aromatic heterocycles. The van der Waals surface area contributed by atoms with E-state index in [4.69, 9.17) is 5.73 Å². The van der Waals surface area contributed by atoms with E-state index in [0.717, 1.165) is 28.0 Å². The Labute approximate surface area is 163 Å². The molecule has 2 aromatic carbocycles. The minimum absolute atomic E-state index is 0.0427. The van der Waals surface area contributed by atoms with E-state index in [1.807, 2.05) is 44.2 Å². The largest absolute Gasteiger partial charge is 0.366 e. The highest BCUT2D eigenvalue weighted by molar-refractivity contribution is 6.08. The maximum absolute atomic E-state index is 15.2. The molecule has 2 aliphatic rings. The van der Waals surface area contributed by atoms with Crippen molar-refractivity contribution in [1.82, 2.24) is 0 Å². The molecule has 2 N–H and O–H groups in total. The number of carbonyl (C=O) groups is 2. The standard InChI is InChI=1S/C23H21FN2O2/c1-12-7-8-26(23(12)28)16-6-4-5-15(10-16)21-19(24)11-18(22(25)27)17-9-13(2)14(3)20(17)21/h4-7,10-11H,8-9H2,1-3H3,(H2,25,27). The molecule has 0 spiro atoms. The van der Waals surface area contributed by atoms with Gasteiger partial charge in [-0.2, -0.15) is 0 Å². The molecule has 0 radical (unpaired) electrons. The van der Waals surface area contributed by atoms with Crippen molar-refractivity contribution in [1.29, 1.82) is 0 Å². The third-order valence-corrected chi connectivity index (χ3v) is 5.72. The zero-order valence-electron chi connectivity index (χ0n) is 16.1. The highest BCUT2D eigenvalue weighted by Crippen LogP contribution is 2.43. The minimum Gasteiger partial charge on any atom is -0.366 e. The van der Waals surface area contributed by atoms with Crippen LogP contribution >= 0.6 is 0 Å². The molecule has 1 heterocycles. The third kappa shape index (κ3) is 2.66. The summed E-state index contributed by atoms with van der Waals surface area (Å²) in [5, 5.41) is 0. The summed E-state index contributed by atoms with van der Waals surface area (Å²) >= 11 is 0. The summed E-state index contributed by atoms with van der Waals surface area (Å²) in [6.07, 6.45) is 2.46. The average molecular weight is 376 g/mol. The lowest BCUT2D eigenvalue weighted by atomic mass is 9.90. The van der Waals surface area contributed by atoms with E-state index in [1.165, 1.54) is 6.07 Å². The number of halogens is 1. The number of anilines is 1. The monoisotopic (exact) mass is 376 g/mol. The number of amides is 2. The number of benzene rings is 2. The van der Waals surface area contributed by atoms with Gasteiger partial charge in [0, 0.05) is 28.9 Å². The summed E-state index contributed by atoms with van der Waals surface area (Å²) in [4.78, 5) is 25.9. The first kappa shape index (κ1) is 18.2. The zero-order valence-corrected chi connectivity index (χ0v) is 16.1. The molecule has 0 saturated heterocycles. The summed E-state index contributed by atoms with van der Waals surface area (Å²) in [6, 6.07) is 8.56. The van der Waals surface area contributed by atoms with Crippen LogP contribution in [-0.4, -0.2) is 18.4 Å². The molecule has 0 fully saturated rings. The second kappa shape index (κ2) is 6.44. The molecule has 0 bridgehead atoms. The molecule has 142 valence electrons. The van der Waals surface area contributed by atoms with Gasteiger partial charge in [0.1, 0.15) is 5.82 Å². The summed E-state index contributed by atoms with van der Waals surface area (Å²) in [5.74, 6) is -1.15. The van der Waals surface area contributed by atoms with Crippen LogP contribution in [0.5, 0.6) is 0 Å². The summed E-state index contributed by atoms with van der Waals surface area (Å²) in [5.41, 5.74) is 11.9. The zero-order chi connectivity index (χ0) is 20.2. The molecular weight excluding hydrogens is 355 g/mol. The first-order valence-electron chi connectivity index (χ1n) is 9.20. The van der Waals surface area contributed by atoms with Crippen molar-refractivity contribution in [2.45, 2.75) is 27.2 Å². The van der Waals surface area contributed by atoms with Crippen LogP contribution in [0.4, 0.5) is 10.1 Å². The number of carbonyl (C=O) groups excluding carboxylic acids is 2. The lowest BCUT2D eigenvalue weighted by Gasteiger charge is -2.19. The Bertz CT molecular complexity index is 1110. The van der Waals surface area contributed by atoms with Crippen LogP contribution in [0.25, 0.3) is 16.7 Å². The molecule has 2 aromatic rings. The Morgan fingerprint density at radius 3 is 2.54 bits per heavy atom. The van der Waals surface area contributed by atoms with Crippen molar-refractivity contribution < 1.29 is 14.0 Å². The quantitative estimate of drug-likeness (QED) is 0.871. The Balaban J connectivity index is 1.90. The predicted molar refractivity (Wildman–Crippen MR) is 108 cm³/mol. The van der Waals surface area contributed by atoms with Gasteiger partial charge in [0.05, 0.1) is 0 Å². The summed E-state index contributed by atoms with van der Waals surface area (Å²) in [7, 11) is 0. The van der Waals surface area contributed by atoms with Gasteiger partial charge in [-0.05, 0) is 67.7 Å². The fourth-order valence-electron chi connectivity index (χ4n) is 4.06. The third-order valence-electron chi connectivity index (χ3n) is 5.72. The number of hydrogen-bond acceptors (Lipinski definition) is 2. The average Bonchev–Trinajstić information content (AvgIpc) is 3.14. The van der Waals surface area contributed by atoms with Crippen LogP contribution in [-0.2, 0) is 11.2 Å². The van der Waals surface area contributed by atoms with Gasteiger partial charge in [-0.15, -0.1) is 0 Å². The molecule has 4 nitrogen and oxygen atoms in total. The Morgan fingerprint density at radius 2 is 1.89 bits per heavy atom. The van der Waals surface area contributed by atoms with Crippen LogP contribution in [0.3, 0.4) is 0 Å². The van der Waals surface area contributed by atoms with Crippen molar-refractivity contribution in [3.63, 3.8) is 0 Å². The second-order valence-corrected chi connectivity index (χ2v) is 7.43. The van der Waals surface area contributed by atoms with Crippen LogP contribution in [0.2, 0.25) is 0 Å². The fourth-order valence-corrected chi connectivity index (χ4v) is 4.06. The van der Waals surface area contributed by atoms with Crippen LogP contribution in [0.1, 0.15) is 42.3 Å². The lowest BCUT2D eigenvalue weighted by Crippen LogP contribution is -2.25. The van der Waals surface area contributed by atoms with Gasteiger partial charge in [-0.3, -0.25) is 9.59 Å². The van der Waals surface area contributed by atoms with Crippen molar-refractivity contribution in [3.05, 3.63) is 70.1 Å². The number of nitrogens with two attached hydrogens (primary N) is 1. The molecule has 28 heavy (non-hydrogen) atoms. The number of rotatable bonds is 3. The molecular formula is C23H21FN2O2. The Kier molecular flexibility index (Phi) is 4.18. The normalized spacial score (nSPS) is 15.9. The number of primary amides is 1. The minimum atomic E-state index is -0.623. The predicted octanol–water partition coefficient (Wildman–Crippen LogP) is 4.23. The number of hydrogen-bond donors (Lipinski definition) is 1. The van der Waals surface area contributed by atoms with Gasteiger partial charge < -0.3 is 10.6 Å². The highest BCUT2D eigenvalue weighted by Gasteiger charge is 2.28. The van der Waals surface area contributed by atoms with Crippen LogP contribution in [0, 0.1) is 5.82 Å². The van der Waals surface area contributed by atoms with Crippen LogP contribution < -0.4 is 10.6 Å². The molecule has 0 atom stereocenters. The molecule has 1 aliphatic heterocycles. The van der Waals surface area contributed by atoms with E-state index >= 15 is 4.39 Å². The van der Waals surface area contributed by atoms with Gasteiger partial charge >= 0.3 is 0 Å². The van der Waals surface area contributed by atoms with Gasteiger partial charge in [0.15, 0.2) is 0 Å². The molecule has 1 aliphatic carbocycles. The molecule has 0 saturated carbocycles. The summed E-state index contributed by atoms with van der Waals surface area (Å²) in [6.45, 7) is 6.22. The SMILES string of the molecule is CC1=CCN(c2cccc(-c3c(F)cc(C(N)=O)c4c3C(C)=C(C)C4)c2)C1=O. The maximum atomic E-state index is 15.2. The van der Waals surface area contributed by atoms with Gasteiger partial charge in [0.2, 0.25) is 5.91 Å². The Morgan fingerprint density at radius 1 is 1.14 bits per heavy atom. The second-order valence-electron chi connectivity index (χ2n) is 7.43. The fraction of sp³-hybridized carbons (Fsp3) is 0.217.